The molecule has 0 aliphatic rings. The summed E-state index contributed by atoms with van der Waals surface area (Å²) < 4.78 is 5.38. The van der Waals surface area contributed by atoms with E-state index in [1.807, 2.05) is 30.3 Å². The molecule has 0 aromatic heterocycles. The van der Waals surface area contributed by atoms with Crippen LogP contribution in [0.5, 0.6) is 5.75 Å². The van der Waals surface area contributed by atoms with Crippen molar-refractivity contribution in [3.63, 3.8) is 0 Å². The van der Waals surface area contributed by atoms with Gasteiger partial charge in [-0.2, -0.15) is 0 Å². The van der Waals surface area contributed by atoms with Crippen molar-refractivity contribution in [1.82, 2.24) is 0 Å². The summed E-state index contributed by atoms with van der Waals surface area (Å²) in [6.07, 6.45) is 0. The molecule has 2 rings (SSSR count). The van der Waals surface area contributed by atoms with Gasteiger partial charge in [-0.1, -0.05) is 41.6 Å². The van der Waals surface area contributed by atoms with Crippen LogP contribution in [0, 0.1) is 11.8 Å². The van der Waals surface area contributed by atoms with E-state index in [1.54, 1.807) is 6.07 Å². The van der Waals surface area contributed by atoms with E-state index < -0.39 is 5.97 Å². The van der Waals surface area contributed by atoms with Crippen molar-refractivity contribution in [3.05, 3.63) is 64.7 Å². The Labute approximate surface area is 121 Å². The first kappa shape index (κ1) is 14.0. The highest BCUT2D eigenvalue weighted by molar-refractivity contribution is 6.33. The molecule has 20 heavy (non-hydrogen) atoms. The molecule has 0 saturated heterocycles. The molecular formula is C16H11ClO3. The van der Waals surface area contributed by atoms with Crippen LogP contribution >= 0.6 is 11.6 Å². The van der Waals surface area contributed by atoms with Crippen LogP contribution in [0.25, 0.3) is 0 Å². The summed E-state index contributed by atoms with van der Waals surface area (Å²) in [6.45, 7) is 0.176. The van der Waals surface area contributed by atoms with Gasteiger partial charge in [-0.25, -0.2) is 4.79 Å². The maximum Gasteiger partial charge on any atom is 0.337 e. The third kappa shape index (κ3) is 3.78. The van der Waals surface area contributed by atoms with Crippen molar-refractivity contribution in [2.24, 2.45) is 0 Å². The molecule has 0 bridgehead atoms. The van der Waals surface area contributed by atoms with Gasteiger partial charge >= 0.3 is 5.97 Å². The van der Waals surface area contributed by atoms with Crippen LogP contribution in [0.1, 0.15) is 15.9 Å². The lowest BCUT2D eigenvalue weighted by Gasteiger charge is -2.04. The molecule has 0 heterocycles. The fraction of sp³-hybridized carbons (Fsp3) is 0.0625. The molecule has 1 N–H and O–H groups in total. The molecule has 3 nitrogen and oxygen atoms in total. The van der Waals surface area contributed by atoms with Crippen LogP contribution in [0.3, 0.4) is 0 Å². The lowest BCUT2D eigenvalue weighted by Crippen LogP contribution is -2.00. The number of rotatable bonds is 3. The summed E-state index contributed by atoms with van der Waals surface area (Å²) in [5, 5.41) is 9.12. The molecule has 0 fully saturated rings. The van der Waals surface area contributed by atoms with Crippen molar-refractivity contribution in [1.29, 1.82) is 0 Å². The van der Waals surface area contributed by atoms with E-state index in [1.165, 1.54) is 12.1 Å². The Bertz CT molecular complexity index is 669. The van der Waals surface area contributed by atoms with E-state index in [9.17, 15) is 4.79 Å². The van der Waals surface area contributed by atoms with Gasteiger partial charge in [0, 0.05) is 5.56 Å². The first-order chi connectivity index (χ1) is 9.66. The molecule has 0 unspecified atom stereocenters. The maximum absolute atomic E-state index is 10.9. The van der Waals surface area contributed by atoms with Crippen LogP contribution in [0.4, 0.5) is 0 Å². The first-order valence-corrected chi connectivity index (χ1v) is 6.24. The standard InChI is InChI=1S/C16H11ClO3/c17-15-9-8-13(11-14(15)16(18)19)20-10-4-7-12-5-2-1-3-6-12/h1-3,5-6,8-9,11H,10H2,(H,18,19). The monoisotopic (exact) mass is 286 g/mol. The van der Waals surface area contributed by atoms with Crippen molar-refractivity contribution < 1.29 is 14.6 Å². The molecule has 2 aromatic rings. The summed E-state index contributed by atoms with van der Waals surface area (Å²) in [5.74, 6) is 5.15. The predicted octanol–water partition coefficient (Wildman–Crippen LogP) is 3.47. The Balaban J connectivity index is 2.00. The van der Waals surface area contributed by atoms with Crippen molar-refractivity contribution >= 4 is 17.6 Å². The van der Waals surface area contributed by atoms with Crippen LogP contribution in [-0.2, 0) is 0 Å². The predicted molar refractivity (Wildman–Crippen MR) is 77.2 cm³/mol. The minimum atomic E-state index is -1.09. The largest absolute Gasteiger partial charge is 0.481 e. The molecule has 4 heteroatoms. The second kappa shape index (κ2) is 6.65. The Morgan fingerprint density at radius 1 is 1.20 bits per heavy atom. The zero-order chi connectivity index (χ0) is 14.4. The topological polar surface area (TPSA) is 46.5 Å². The third-order valence-electron chi connectivity index (χ3n) is 2.49. The molecular weight excluding hydrogens is 276 g/mol. The van der Waals surface area contributed by atoms with E-state index in [0.29, 0.717) is 5.75 Å². The number of carboxylic acids is 1. The van der Waals surface area contributed by atoms with Crippen LogP contribution in [-0.4, -0.2) is 17.7 Å². The lowest BCUT2D eigenvalue weighted by molar-refractivity contribution is 0.0696. The summed E-state index contributed by atoms with van der Waals surface area (Å²) in [4.78, 5) is 10.9. The molecule has 2 aromatic carbocycles. The summed E-state index contributed by atoms with van der Waals surface area (Å²) in [5.41, 5.74) is 0.915. The van der Waals surface area contributed by atoms with Gasteiger partial charge in [-0.3, -0.25) is 0 Å². The van der Waals surface area contributed by atoms with Crippen molar-refractivity contribution in [2.45, 2.75) is 0 Å². The first-order valence-electron chi connectivity index (χ1n) is 5.86. The third-order valence-corrected chi connectivity index (χ3v) is 2.82. The van der Waals surface area contributed by atoms with Gasteiger partial charge in [-0.05, 0) is 30.3 Å². The highest BCUT2D eigenvalue weighted by atomic mass is 35.5. The second-order valence-electron chi connectivity index (χ2n) is 3.90. The quantitative estimate of drug-likeness (QED) is 0.879. The van der Waals surface area contributed by atoms with Gasteiger partial charge in [0.15, 0.2) is 0 Å². The Kier molecular flexibility index (Phi) is 4.65. The molecule has 0 spiro atoms. The minimum Gasteiger partial charge on any atom is -0.481 e. The van der Waals surface area contributed by atoms with Crippen LogP contribution in [0.15, 0.2) is 48.5 Å². The maximum atomic E-state index is 10.9. The number of aromatic carboxylic acids is 1. The average Bonchev–Trinajstić information content (AvgIpc) is 2.46. The highest BCUT2D eigenvalue weighted by Crippen LogP contribution is 2.21. The van der Waals surface area contributed by atoms with Gasteiger partial charge < -0.3 is 9.84 Å². The molecule has 0 aliphatic heterocycles. The molecule has 100 valence electrons. The summed E-state index contributed by atoms with van der Waals surface area (Å²) >= 11 is 5.77. The Morgan fingerprint density at radius 2 is 1.95 bits per heavy atom. The molecule has 0 aliphatic carbocycles. The van der Waals surface area contributed by atoms with Gasteiger partial charge in [0.2, 0.25) is 0 Å². The van der Waals surface area contributed by atoms with E-state index >= 15 is 0 Å². The van der Waals surface area contributed by atoms with Crippen molar-refractivity contribution in [2.75, 3.05) is 6.61 Å². The average molecular weight is 287 g/mol. The zero-order valence-electron chi connectivity index (χ0n) is 10.5. The summed E-state index contributed by atoms with van der Waals surface area (Å²) in [7, 11) is 0. The summed E-state index contributed by atoms with van der Waals surface area (Å²) in [6, 6.07) is 14.0. The van der Waals surface area contributed by atoms with E-state index in [0.717, 1.165) is 5.56 Å². The van der Waals surface area contributed by atoms with Crippen LogP contribution in [0.2, 0.25) is 5.02 Å². The molecule has 0 amide bonds. The normalized spacial score (nSPS) is 9.45. The second-order valence-corrected chi connectivity index (χ2v) is 4.31. The number of benzene rings is 2. The van der Waals surface area contributed by atoms with Crippen molar-refractivity contribution in [3.8, 4) is 17.6 Å². The van der Waals surface area contributed by atoms with E-state index in [2.05, 4.69) is 11.8 Å². The zero-order valence-corrected chi connectivity index (χ0v) is 11.2. The SMILES string of the molecule is O=C(O)c1cc(OCC#Cc2ccccc2)ccc1Cl. The Morgan fingerprint density at radius 3 is 2.65 bits per heavy atom. The van der Waals surface area contributed by atoms with Crippen LogP contribution < -0.4 is 4.74 Å². The Hall–Kier alpha value is -2.44. The van der Waals surface area contributed by atoms with E-state index in [4.69, 9.17) is 21.4 Å². The smallest absolute Gasteiger partial charge is 0.337 e. The molecule has 0 saturated carbocycles. The van der Waals surface area contributed by atoms with Gasteiger partial charge in [0.1, 0.15) is 12.4 Å². The van der Waals surface area contributed by atoms with E-state index in [-0.39, 0.29) is 17.2 Å². The molecule has 0 atom stereocenters. The number of hydrogen-bond donors (Lipinski definition) is 1. The minimum absolute atomic E-state index is 0.0141. The fourth-order valence-electron chi connectivity index (χ4n) is 1.54. The number of carbonyl (C=O) groups is 1. The number of hydrogen-bond acceptors (Lipinski definition) is 2. The fourth-order valence-corrected chi connectivity index (χ4v) is 1.74. The number of halogens is 1. The number of carboxylic acid groups (broad SMARTS) is 1. The van der Waals surface area contributed by atoms with Gasteiger partial charge in [0.05, 0.1) is 10.6 Å². The van der Waals surface area contributed by atoms with Gasteiger partial charge in [0.25, 0.3) is 0 Å². The number of ether oxygens (including phenoxy) is 1. The van der Waals surface area contributed by atoms with Gasteiger partial charge in [-0.15, -0.1) is 0 Å². The highest BCUT2D eigenvalue weighted by Gasteiger charge is 2.09. The lowest BCUT2D eigenvalue weighted by atomic mass is 10.2. The molecule has 0 radical (unpaired) electrons.